The molecule has 128 valence electrons. The van der Waals surface area contributed by atoms with E-state index in [1.165, 1.54) is 17.4 Å². The fourth-order valence-electron chi connectivity index (χ4n) is 2.96. The van der Waals surface area contributed by atoms with Crippen molar-refractivity contribution >= 4 is 22.4 Å². The molecule has 7 heteroatoms. The van der Waals surface area contributed by atoms with Gasteiger partial charge in [-0.2, -0.15) is 5.10 Å². The second-order valence-electron chi connectivity index (χ2n) is 6.29. The second kappa shape index (κ2) is 6.40. The normalized spacial score (nSPS) is 19.0. The molecule has 1 saturated carbocycles. The van der Waals surface area contributed by atoms with Crippen molar-refractivity contribution in [2.45, 2.75) is 18.8 Å². The molecule has 1 aliphatic carbocycles. The van der Waals surface area contributed by atoms with Gasteiger partial charge in [0.15, 0.2) is 5.13 Å². The lowest BCUT2D eigenvalue weighted by Gasteiger charge is -2.01. The van der Waals surface area contributed by atoms with E-state index in [0.717, 1.165) is 16.9 Å². The SMILES string of the molecule is Cn1cc(C2CC2C(=O)Nc2ncc(Cc3ccccc3F)s2)cn1. The summed E-state index contributed by atoms with van der Waals surface area (Å²) >= 11 is 1.38. The van der Waals surface area contributed by atoms with Crippen molar-refractivity contribution in [1.82, 2.24) is 14.8 Å². The summed E-state index contributed by atoms with van der Waals surface area (Å²) in [5.74, 6) is -0.0194. The van der Waals surface area contributed by atoms with Crippen LogP contribution < -0.4 is 5.32 Å². The van der Waals surface area contributed by atoms with E-state index >= 15 is 0 Å². The summed E-state index contributed by atoms with van der Waals surface area (Å²) in [4.78, 5) is 17.5. The molecule has 0 spiro atoms. The van der Waals surface area contributed by atoms with Crippen molar-refractivity contribution in [3.63, 3.8) is 0 Å². The van der Waals surface area contributed by atoms with Gasteiger partial charge >= 0.3 is 0 Å². The van der Waals surface area contributed by atoms with E-state index in [1.807, 2.05) is 25.5 Å². The number of nitrogens with zero attached hydrogens (tertiary/aromatic N) is 3. The molecule has 0 radical (unpaired) electrons. The number of benzene rings is 1. The number of anilines is 1. The van der Waals surface area contributed by atoms with Gasteiger partial charge in [0.05, 0.1) is 6.20 Å². The first-order valence-electron chi connectivity index (χ1n) is 8.07. The van der Waals surface area contributed by atoms with Crippen molar-refractivity contribution in [2.24, 2.45) is 13.0 Å². The van der Waals surface area contributed by atoms with Crippen LogP contribution in [0.25, 0.3) is 0 Å². The molecule has 0 aliphatic heterocycles. The molecule has 1 aromatic carbocycles. The molecule has 3 aromatic rings. The fraction of sp³-hybridized carbons (Fsp3) is 0.278. The van der Waals surface area contributed by atoms with Crippen molar-refractivity contribution in [1.29, 1.82) is 0 Å². The van der Waals surface area contributed by atoms with Crippen molar-refractivity contribution in [3.05, 3.63) is 64.7 Å². The van der Waals surface area contributed by atoms with Crippen LogP contribution in [-0.4, -0.2) is 20.7 Å². The quantitative estimate of drug-likeness (QED) is 0.763. The van der Waals surface area contributed by atoms with Crippen LogP contribution in [0.5, 0.6) is 0 Å². The summed E-state index contributed by atoms with van der Waals surface area (Å²) in [6, 6.07) is 6.69. The zero-order valence-corrected chi connectivity index (χ0v) is 14.5. The maximum absolute atomic E-state index is 13.7. The highest BCUT2D eigenvalue weighted by Crippen LogP contribution is 2.47. The minimum Gasteiger partial charge on any atom is -0.302 e. The Hall–Kier alpha value is -2.54. The largest absolute Gasteiger partial charge is 0.302 e. The van der Waals surface area contributed by atoms with Gasteiger partial charge in [-0.25, -0.2) is 9.37 Å². The molecule has 4 rings (SSSR count). The highest BCUT2D eigenvalue weighted by molar-refractivity contribution is 7.15. The van der Waals surface area contributed by atoms with Crippen LogP contribution in [0.15, 0.2) is 42.9 Å². The Morgan fingerprint density at radius 3 is 3.00 bits per heavy atom. The maximum atomic E-state index is 13.7. The van der Waals surface area contributed by atoms with Gasteiger partial charge in [-0.15, -0.1) is 11.3 Å². The van der Waals surface area contributed by atoms with Crippen LogP contribution in [0.2, 0.25) is 0 Å². The van der Waals surface area contributed by atoms with Gasteiger partial charge in [0.1, 0.15) is 5.82 Å². The van der Waals surface area contributed by atoms with Gasteiger partial charge in [0.2, 0.25) is 5.91 Å². The average molecular weight is 356 g/mol. The third-order valence-electron chi connectivity index (χ3n) is 4.39. The Labute approximate surface area is 148 Å². The van der Waals surface area contributed by atoms with Gasteiger partial charge in [0, 0.05) is 36.7 Å². The molecule has 2 atom stereocenters. The molecule has 2 heterocycles. The van der Waals surface area contributed by atoms with Gasteiger partial charge in [-0.05, 0) is 29.5 Å². The first kappa shape index (κ1) is 16.0. The Bertz CT molecular complexity index is 919. The highest BCUT2D eigenvalue weighted by Gasteiger charge is 2.44. The molecule has 5 nitrogen and oxygen atoms in total. The number of aryl methyl sites for hydroxylation is 1. The molecule has 2 unspecified atom stereocenters. The van der Waals surface area contributed by atoms with Crippen LogP contribution >= 0.6 is 11.3 Å². The summed E-state index contributed by atoms with van der Waals surface area (Å²) in [5.41, 5.74) is 1.73. The highest BCUT2D eigenvalue weighted by atomic mass is 32.1. The number of rotatable bonds is 5. The number of thiazole rings is 1. The van der Waals surface area contributed by atoms with E-state index in [1.54, 1.807) is 23.0 Å². The van der Waals surface area contributed by atoms with Crippen molar-refractivity contribution in [2.75, 3.05) is 5.32 Å². The summed E-state index contributed by atoms with van der Waals surface area (Å²) in [6.45, 7) is 0. The lowest BCUT2D eigenvalue weighted by Crippen LogP contribution is -2.14. The Morgan fingerprint density at radius 2 is 2.24 bits per heavy atom. The monoisotopic (exact) mass is 356 g/mol. The fourth-order valence-corrected chi connectivity index (χ4v) is 3.80. The lowest BCUT2D eigenvalue weighted by molar-refractivity contribution is -0.117. The van der Waals surface area contributed by atoms with Crippen molar-refractivity contribution < 1.29 is 9.18 Å². The Kier molecular flexibility index (Phi) is 4.09. The number of nitrogens with one attached hydrogen (secondary N) is 1. The molecule has 0 bridgehead atoms. The Balaban J connectivity index is 1.37. The lowest BCUT2D eigenvalue weighted by atomic mass is 10.1. The number of carbonyl (C=O) groups is 1. The van der Waals surface area contributed by atoms with Crippen LogP contribution in [-0.2, 0) is 18.3 Å². The van der Waals surface area contributed by atoms with Crippen LogP contribution in [0.3, 0.4) is 0 Å². The van der Waals surface area contributed by atoms with Gasteiger partial charge in [-0.3, -0.25) is 9.48 Å². The number of aromatic nitrogens is 3. The first-order chi connectivity index (χ1) is 12.1. The molecule has 25 heavy (non-hydrogen) atoms. The summed E-state index contributed by atoms with van der Waals surface area (Å²) < 4.78 is 15.5. The number of hydrogen-bond donors (Lipinski definition) is 1. The van der Waals surface area contributed by atoms with E-state index in [0.29, 0.717) is 17.1 Å². The molecule has 1 amide bonds. The van der Waals surface area contributed by atoms with Gasteiger partial charge in [-0.1, -0.05) is 18.2 Å². The molecule has 1 N–H and O–H groups in total. The van der Waals surface area contributed by atoms with Crippen LogP contribution in [0, 0.1) is 11.7 Å². The minimum absolute atomic E-state index is 0.0133. The predicted molar refractivity (Wildman–Crippen MR) is 94.0 cm³/mol. The smallest absolute Gasteiger partial charge is 0.229 e. The van der Waals surface area contributed by atoms with E-state index in [-0.39, 0.29) is 23.6 Å². The third kappa shape index (κ3) is 3.46. The Morgan fingerprint density at radius 1 is 1.40 bits per heavy atom. The van der Waals surface area contributed by atoms with E-state index in [2.05, 4.69) is 15.4 Å². The molecule has 1 fully saturated rings. The van der Waals surface area contributed by atoms with Crippen molar-refractivity contribution in [3.8, 4) is 0 Å². The standard InChI is InChI=1S/C18H17FN4OS/c1-23-10-12(8-21-23)14-7-15(14)17(24)22-18-20-9-13(25-18)6-11-4-2-3-5-16(11)19/h2-5,8-10,14-15H,6-7H2,1H3,(H,20,22,24). The molecule has 2 aromatic heterocycles. The molecular formula is C18H17FN4OS. The van der Waals surface area contributed by atoms with Crippen LogP contribution in [0.4, 0.5) is 9.52 Å². The second-order valence-corrected chi connectivity index (χ2v) is 7.40. The third-order valence-corrected chi connectivity index (χ3v) is 5.30. The molecular weight excluding hydrogens is 339 g/mol. The number of amides is 1. The first-order valence-corrected chi connectivity index (χ1v) is 8.89. The van der Waals surface area contributed by atoms with Gasteiger partial charge in [0.25, 0.3) is 0 Å². The van der Waals surface area contributed by atoms with E-state index < -0.39 is 0 Å². The van der Waals surface area contributed by atoms with Gasteiger partial charge < -0.3 is 5.32 Å². The zero-order valence-electron chi connectivity index (χ0n) is 13.6. The number of carbonyl (C=O) groups excluding carboxylic acids is 1. The zero-order chi connectivity index (χ0) is 17.4. The summed E-state index contributed by atoms with van der Waals surface area (Å²) in [7, 11) is 1.87. The van der Waals surface area contributed by atoms with E-state index in [4.69, 9.17) is 0 Å². The van der Waals surface area contributed by atoms with Crippen LogP contribution in [0.1, 0.15) is 28.3 Å². The summed E-state index contributed by atoms with van der Waals surface area (Å²) in [5, 5.41) is 7.59. The predicted octanol–water partition coefficient (Wildman–Crippen LogP) is 3.35. The summed E-state index contributed by atoms with van der Waals surface area (Å²) in [6.07, 6.45) is 6.77. The number of halogens is 1. The minimum atomic E-state index is -0.223. The topological polar surface area (TPSA) is 59.8 Å². The molecule has 0 saturated heterocycles. The molecule has 1 aliphatic rings. The average Bonchev–Trinajstić information content (AvgIpc) is 3.09. The van der Waals surface area contributed by atoms with E-state index in [9.17, 15) is 9.18 Å². The number of hydrogen-bond acceptors (Lipinski definition) is 4. The maximum Gasteiger partial charge on any atom is 0.229 e.